The van der Waals surface area contributed by atoms with Crippen LogP contribution in [-0.2, 0) is 6.42 Å². The first-order valence-corrected chi connectivity index (χ1v) is 6.69. The molecule has 1 unspecified atom stereocenters. The van der Waals surface area contributed by atoms with E-state index in [0.717, 1.165) is 28.3 Å². The van der Waals surface area contributed by atoms with Crippen molar-refractivity contribution in [3.63, 3.8) is 0 Å². The molecule has 0 radical (unpaired) electrons. The van der Waals surface area contributed by atoms with Gasteiger partial charge in [0.25, 0.3) is 0 Å². The van der Waals surface area contributed by atoms with Crippen LogP contribution in [0.3, 0.4) is 0 Å². The van der Waals surface area contributed by atoms with Crippen LogP contribution >= 0.6 is 11.3 Å². The number of fused-ring (bicyclic) bond motifs is 1. The Morgan fingerprint density at radius 1 is 1.33 bits per heavy atom. The number of rotatable bonds is 3. The summed E-state index contributed by atoms with van der Waals surface area (Å²) in [5, 5.41) is 1.07. The molecule has 0 amide bonds. The fourth-order valence-electron chi connectivity index (χ4n) is 2.08. The van der Waals surface area contributed by atoms with Crippen molar-refractivity contribution in [2.75, 3.05) is 0 Å². The van der Waals surface area contributed by atoms with Gasteiger partial charge in [-0.1, -0.05) is 12.1 Å². The van der Waals surface area contributed by atoms with Gasteiger partial charge in [-0.25, -0.2) is 4.98 Å². The Labute approximate surface area is 109 Å². The molecular weight excluding hydrogens is 244 g/mol. The fraction of sp³-hybridized carbons (Fsp3) is 0.214. The van der Waals surface area contributed by atoms with E-state index < -0.39 is 0 Å². The van der Waals surface area contributed by atoms with Crippen molar-refractivity contribution in [1.29, 1.82) is 0 Å². The zero-order chi connectivity index (χ0) is 12.5. The van der Waals surface area contributed by atoms with Gasteiger partial charge in [-0.05, 0) is 25.1 Å². The van der Waals surface area contributed by atoms with Gasteiger partial charge in [-0.15, -0.1) is 11.3 Å². The number of nitrogens with two attached hydrogens (primary N) is 1. The third kappa shape index (κ3) is 2.05. The first-order valence-electron chi connectivity index (χ1n) is 5.88. The summed E-state index contributed by atoms with van der Waals surface area (Å²) in [4.78, 5) is 4.60. The number of aromatic nitrogens is 1. The Hall–Kier alpha value is -1.65. The van der Waals surface area contributed by atoms with Crippen molar-refractivity contribution >= 4 is 21.6 Å². The first-order chi connectivity index (χ1) is 8.74. The van der Waals surface area contributed by atoms with Crippen LogP contribution in [0.1, 0.15) is 22.4 Å². The minimum atomic E-state index is -0.0516. The molecule has 0 bridgehead atoms. The van der Waals surface area contributed by atoms with E-state index in [2.05, 4.69) is 11.1 Å². The molecule has 2 N–H and O–H groups in total. The van der Waals surface area contributed by atoms with Gasteiger partial charge < -0.3 is 10.2 Å². The summed E-state index contributed by atoms with van der Waals surface area (Å²) < 4.78 is 6.50. The van der Waals surface area contributed by atoms with Crippen LogP contribution in [0.4, 0.5) is 0 Å². The number of hydrogen-bond acceptors (Lipinski definition) is 4. The Kier molecular flexibility index (Phi) is 2.89. The molecule has 1 atom stereocenters. The summed E-state index contributed by atoms with van der Waals surface area (Å²) in [5.74, 6) is 0.892. The van der Waals surface area contributed by atoms with Crippen LogP contribution < -0.4 is 5.73 Å². The summed E-state index contributed by atoms with van der Waals surface area (Å²) in [6.07, 6.45) is 2.43. The number of thiazole rings is 1. The fourth-order valence-corrected chi connectivity index (χ4v) is 3.11. The summed E-state index contributed by atoms with van der Waals surface area (Å²) in [5.41, 5.74) is 8.31. The average molecular weight is 258 g/mol. The second-order valence-corrected chi connectivity index (χ2v) is 5.43. The molecule has 2 heterocycles. The quantitative estimate of drug-likeness (QED) is 0.783. The highest BCUT2D eigenvalue weighted by Crippen LogP contribution is 2.26. The number of aryl methyl sites for hydroxylation is 1. The topological polar surface area (TPSA) is 52.0 Å². The molecule has 3 rings (SSSR count). The van der Waals surface area contributed by atoms with E-state index in [4.69, 9.17) is 10.2 Å². The third-order valence-electron chi connectivity index (χ3n) is 3.03. The maximum absolute atomic E-state index is 6.20. The molecule has 18 heavy (non-hydrogen) atoms. The lowest BCUT2D eigenvalue weighted by Gasteiger charge is -2.07. The molecular formula is C14H14N2OS. The number of nitrogens with zero attached hydrogens (tertiary/aromatic N) is 1. The molecule has 0 aliphatic rings. The normalized spacial score (nSPS) is 13.0. The first kappa shape index (κ1) is 11.4. The van der Waals surface area contributed by atoms with Crippen molar-refractivity contribution in [3.05, 3.63) is 52.9 Å². The van der Waals surface area contributed by atoms with Gasteiger partial charge in [0.05, 0.1) is 21.5 Å². The van der Waals surface area contributed by atoms with Gasteiger partial charge in [-0.3, -0.25) is 0 Å². The highest BCUT2D eigenvalue weighted by molar-refractivity contribution is 7.18. The predicted molar refractivity (Wildman–Crippen MR) is 73.7 cm³/mol. The van der Waals surface area contributed by atoms with Crippen LogP contribution in [0.2, 0.25) is 0 Å². The molecule has 2 aromatic heterocycles. The van der Waals surface area contributed by atoms with Crippen LogP contribution in [0.5, 0.6) is 0 Å². The molecule has 0 saturated heterocycles. The lowest BCUT2D eigenvalue weighted by Crippen LogP contribution is -2.13. The molecule has 92 valence electrons. The summed E-state index contributed by atoms with van der Waals surface area (Å²) in [7, 11) is 0. The van der Waals surface area contributed by atoms with Crippen molar-refractivity contribution < 1.29 is 4.42 Å². The molecule has 0 aliphatic heterocycles. The number of para-hydroxylation sites is 1. The number of hydrogen-bond donors (Lipinski definition) is 1. The third-order valence-corrected chi connectivity index (χ3v) is 4.09. The van der Waals surface area contributed by atoms with Gasteiger partial charge in [-0.2, -0.15) is 0 Å². The summed E-state index contributed by atoms with van der Waals surface area (Å²) in [6.45, 7) is 1.94. The van der Waals surface area contributed by atoms with E-state index in [9.17, 15) is 0 Å². The second kappa shape index (κ2) is 4.55. The molecule has 0 fully saturated rings. The zero-order valence-corrected chi connectivity index (χ0v) is 10.9. The molecule has 0 aliphatic carbocycles. The van der Waals surface area contributed by atoms with Crippen molar-refractivity contribution in [3.8, 4) is 0 Å². The van der Waals surface area contributed by atoms with E-state index in [-0.39, 0.29) is 6.04 Å². The molecule has 0 saturated carbocycles. The van der Waals surface area contributed by atoms with Gasteiger partial charge >= 0.3 is 0 Å². The second-order valence-electron chi connectivity index (χ2n) is 4.32. The van der Waals surface area contributed by atoms with Gasteiger partial charge in [0.1, 0.15) is 5.76 Å². The Bertz CT molecular complexity index is 638. The maximum atomic E-state index is 6.20. The van der Waals surface area contributed by atoms with E-state index in [1.54, 1.807) is 17.6 Å². The molecule has 4 heteroatoms. The van der Waals surface area contributed by atoms with Crippen LogP contribution in [0.25, 0.3) is 10.2 Å². The van der Waals surface area contributed by atoms with E-state index in [1.165, 1.54) is 4.70 Å². The van der Waals surface area contributed by atoms with Crippen LogP contribution in [0.15, 0.2) is 41.0 Å². The molecule has 0 spiro atoms. The summed E-state index contributed by atoms with van der Waals surface area (Å²) in [6, 6.07) is 10.0. The monoisotopic (exact) mass is 258 g/mol. The van der Waals surface area contributed by atoms with Gasteiger partial charge in [0.15, 0.2) is 0 Å². The predicted octanol–water partition coefficient (Wildman–Crippen LogP) is 3.44. The maximum Gasteiger partial charge on any atom is 0.105 e. The highest BCUT2D eigenvalue weighted by atomic mass is 32.1. The Balaban J connectivity index is 1.86. The van der Waals surface area contributed by atoms with Gasteiger partial charge in [0, 0.05) is 18.0 Å². The SMILES string of the molecule is Cc1occc1C(N)Cc1nc2ccccc2s1. The zero-order valence-electron chi connectivity index (χ0n) is 10.1. The smallest absolute Gasteiger partial charge is 0.105 e. The Morgan fingerprint density at radius 2 is 2.17 bits per heavy atom. The van der Waals surface area contributed by atoms with E-state index in [1.807, 2.05) is 31.2 Å². The van der Waals surface area contributed by atoms with Crippen LogP contribution in [-0.4, -0.2) is 4.98 Å². The van der Waals surface area contributed by atoms with Gasteiger partial charge in [0.2, 0.25) is 0 Å². The average Bonchev–Trinajstić information content (AvgIpc) is 2.94. The lowest BCUT2D eigenvalue weighted by atomic mass is 10.1. The minimum absolute atomic E-state index is 0.0516. The van der Waals surface area contributed by atoms with Crippen molar-refractivity contribution in [1.82, 2.24) is 4.98 Å². The van der Waals surface area contributed by atoms with E-state index >= 15 is 0 Å². The minimum Gasteiger partial charge on any atom is -0.469 e. The highest BCUT2D eigenvalue weighted by Gasteiger charge is 2.14. The lowest BCUT2D eigenvalue weighted by molar-refractivity contribution is 0.524. The van der Waals surface area contributed by atoms with Crippen molar-refractivity contribution in [2.24, 2.45) is 5.73 Å². The standard InChI is InChI=1S/C14H14N2OS/c1-9-10(6-7-17-9)11(15)8-14-16-12-4-2-3-5-13(12)18-14/h2-7,11H,8,15H2,1H3. The van der Waals surface area contributed by atoms with Crippen molar-refractivity contribution in [2.45, 2.75) is 19.4 Å². The number of benzene rings is 1. The molecule has 3 nitrogen and oxygen atoms in total. The van der Waals surface area contributed by atoms with Crippen LogP contribution in [0, 0.1) is 6.92 Å². The van der Waals surface area contributed by atoms with E-state index in [0.29, 0.717) is 0 Å². The Morgan fingerprint density at radius 3 is 2.89 bits per heavy atom. The summed E-state index contributed by atoms with van der Waals surface area (Å²) >= 11 is 1.71. The largest absolute Gasteiger partial charge is 0.469 e. The molecule has 3 aromatic rings. The molecule has 1 aromatic carbocycles. The number of furan rings is 1.